The third kappa shape index (κ3) is 3.18. The van der Waals surface area contributed by atoms with E-state index in [0.717, 1.165) is 0 Å². The molecule has 0 radical (unpaired) electrons. The lowest BCUT2D eigenvalue weighted by molar-refractivity contribution is 0.0954. The molecule has 84 valence electrons. The molecule has 0 heterocycles. The van der Waals surface area contributed by atoms with E-state index in [4.69, 9.17) is 5.53 Å². The van der Waals surface area contributed by atoms with E-state index in [0.29, 0.717) is 11.1 Å². The average Bonchev–Trinajstić information content (AvgIpc) is 2.28. The van der Waals surface area contributed by atoms with E-state index in [2.05, 4.69) is 15.3 Å². The van der Waals surface area contributed by atoms with Gasteiger partial charge in [-0.25, -0.2) is 0 Å². The summed E-state index contributed by atoms with van der Waals surface area (Å²) >= 11 is 0. The number of phenols is 1. The molecular weight excluding hydrogens is 208 g/mol. The van der Waals surface area contributed by atoms with Gasteiger partial charge in [-0.15, -0.1) is 0 Å². The summed E-state index contributed by atoms with van der Waals surface area (Å²) in [5, 5.41) is 15.3. The molecular formula is C10H12N4O2. The van der Waals surface area contributed by atoms with Crippen LogP contribution < -0.4 is 5.32 Å². The number of hydrogen-bond acceptors (Lipinski definition) is 3. The number of rotatable bonds is 4. The fourth-order valence-electron chi connectivity index (χ4n) is 1.12. The minimum absolute atomic E-state index is 0.0858. The first-order valence-corrected chi connectivity index (χ1v) is 4.74. The molecule has 6 nitrogen and oxygen atoms in total. The van der Waals surface area contributed by atoms with Gasteiger partial charge in [-0.1, -0.05) is 11.2 Å². The number of nitrogens with zero attached hydrogens (tertiary/aromatic N) is 3. The molecule has 1 aromatic rings. The molecule has 1 rings (SSSR count). The fraction of sp³-hybridized carbons (Fsp3) is 0.300. The zero-order valence-corrected chi connectivity index (χ0v) is 8.84. The maximum absolute atomic E-state index is 11.5. The number of carbonyl (C=O) groups is 1. The van der Waals surface area contributed by atoms with Gasteiger partial charge >= 0.3 is 0 Å². The van der Waals surface area contributed by atoms with Gasteiger partial charge in [-0.3, -0.25) is 4.79 Å². The highest BCUT2D eigenvalue weighted by Gasteiger charge is 2.06. The summed E-state index contributed by atoms with van der Waals surface area (Å²) in [6.07, 6.45) is 0. The van der Waals surface area contributed by atoms with E-state index in [-0.39, 0.29) is 24.7 Å². The van der Waals surface area contributed by atoms with Crippen LogP contribution in [0.2, 0.25) is 0 Å². The number of aromatic hydroxyl groups is 1. The first-order valence-electron chi connectivity index (χ1n) is 4.74. The summed E-state index contributed by atoms with van der Waals surface area (Å²) in [6.45, 7) is 2.23. The van der Waals surface area contributed by atoms with E-state index >= 15 is 0 Å². The van der Waals surface area contributed by atoms with Crippen molar-refractivity contribution in [2.75, 3.05) is 13.1 Å². The molecule has 0 aliphatic carbocycles. The molecule has 1 amide bonds. The number of carbonyl (C=O) groups excluding carboxylic acids is 1. The Kier molecular flexibility index (Phi) is 4.17. The lowest BCUT2D eigenvalue weighted by Crippen LogP contribution is -2.25. The molecule has 0 saturated carbocycles. The molecule has 16 heavy (non-hydrogen) atoms. The van der Waals surface area contributed by atoms with E-state index in [1.54, 1.807) is 19.1 Å². The summed E-state index contributed by atoms with van der Waals surface area (Å²) in [5.74, 6) is -0.217. The Bertz CT molecular complexity index is 438. The van der Waals surface area contributed by atoms with Crippen LogP contribution in [0.15, 0.2) is 23.3 Å². The minimum Gasteiger partial charge on any atom is -0.508 e. The largest absolute Gasteiger partial charge is 0.508 e. The second kappa shape index (κ2) is 5.63. The van der Waals surface area contributed by atoms with Crippen LogP contribution in [0.25, 0.3) is 10.4 Å². The molecule has 0 spiro atoms. The van der Waals surface area contributed by atoms with Crippen molar-refractivity contribution in [3.63, 3.8) is 0 Å². The van der Waals surface area contributed by atoms with Crippen molar-refractivity contribution in [2.45, 2.75) is 6.92 Å². The van der Waals surface area contributed by atoms with Gasteiger partial charge in [0, 0.05) is 23.6 Å². The number of phenolic OH excluding ortho intramolecular Hbond substituents is 1. The SMILES string of the molecule is Cc1ccc(C(=O)NCCN=[N+]=[N-])cc1O. The average molecular weight is 220 g/mol. The number of azide groups is 1. The highest BCUT2D eigenvalue weighted by Crippen LogP contribution is 2.17. The lowest BCUT2D eigenvalue weighted by atomic mass is 10.1. The smallest absolute Gasteiger partial charge is 0.251 e. The molecule has 0 aliphatic heterocycles. The summed E-state index contributed by atoms with van der Waals surface area (Å²) in [4.78, 5) is 14.1. The molecule has 2 N–H and O–H groups in total. The Morgan fingerprint density at radius 1 is 1.62 bits per heavy atom. The predicted octanol–water partition coefficient (Wildman–Crippen LogP) is 1.74. The summed E-state index contributed by atoms with van der Waals surface area (Å²) in [5.41, 5.74) is 9.12. The highest BCUT2D eigenvalue weighted by molar-refractivity contribution is 5.94. The Morgan fingerprint density at radius 2 is 2.38 bits per heavy atom. The number of amides is 1. The first-order chi connectivity index (χ1) is 7.65. The first kappa shape index (κ1) is 11.9. The van der Waals surface area contributed by atoms with Crippen LogP contribution in [0.3, 0.4) is 0 Å². The Labute approximate surface area is 92.5 Å². The Hall–Kier alpha value is -2.20. The molecule has 0 bridgehead atoms. The Balaban J connectivity index is 2.59. The quantitative estimate of drug-likeness (QED) is 0.349. The van der Waals surface area contributed by atoms with Crippen molar-refractivity contribution in [3.05, 3.63) is 39.8 Å². The van der Waals surface area contributed by atoms with E-state index in [9.17, 15) is 9.90 Å². The van der Waals surface area contributed by atoms with Crippen LogP contribution in [0.5, 0.6) is 5.75 Å². The number of benzene rings is 1. The molecule has 0 atom stereocenters. The van der Waals surface area contributed by atoms with Crippen molar-refractivity contribution in [2.24, 2.45) is 5.11 Å². The van der Waals surface area contributed by atoms with E-state index < -0.39 is 0 Å². The topological polar surface area (TPSA) is 98.1 Å². The van der Waals surface area contributed by atoms with Crippen LogP contribution in [-0.2, 0) is 0 Å². The fourth-order valence-corrected chi connectivity index (χ4v) is 1.12. The van der Waals surface area contributed by atoms with E-state index in [1.807, 2.05) is 0 Å². The monoisotopic (exact) mass is 220 g/mol. The van der Waals surface area contributed by atoms with Crippen molar-refractivity contribution < 1.29 is 9.90 Å². The number of hydrogen-bond donors (Lipinski definition) is 2. The molecule has 0 aliphatic rings. The maximum atomic E-state index is 11.5. The van der Waals surface area contributed by atoms with Crippen molar-refractivity contribution >= 4 is 5.91 Å². The molecule has 0 saturated heterocycles. The van der Waals surface area contributed by atoms with Crippen LogP contribution in [-0.4, -0.2) is 24.1 Å². The second-order valence-electron chi connectivity index (χ2n) is 3.21. The van der Waals surface area contributed by atoms with Gasteiger partial charge in [-0.2, -0.15) is 0 Å². The zero-order valence-electron chi connectivity index (χ0n) is 8.84. The molecule has 1 aromatic carbocycles. The summed E-state index contributed by atoms with van der Waals surface area (Å²) in [7, 11) is 0. The molecule has 6 heteroatoms. The van der Waals surface area contributed by atoms with Gasteiger partial charge in [0.2, 0.25) is 0 Å². The third-order valence-corrected chi connectivity index (χ3v) is 2.03. The van der Waals surface area contributed by atoms with Crippen molar-refractivity contribution in [1.82, 2.24) is 5.32 Å². The van der Waals surface area contributed by atoms with Crippen LogP contribution in [0.4, 0.5) is 0 Å². The summed E-state index contributed by atoms with van der Waals surface area (Å²) < 4.78 is 0. The standard InChI is InChI=1S/C10H12N4O2/c1-7-2-3-8(6-9(7)15)10(16)12-4-5-13-14-11/h2-3,6,15H,4-5H2,1H3,(H,12,16). The Morgan fingerprint density at radius 3 is 3.00 bits per heavy atom. The van der Waals surface area contributed by atoms with E-state index in [1.165, 1.54) is 6.07 Å². The van der Waals surface area contributed by atoms with Crippen molar-refractivity contribution in [1.29, 1.82) is 0 Å². The van der Waals surface area contributed by atoms with Gasteiger partial charge in [0.05, 0.1) is 0 Å². The lowest BCUT2D eigenvalue weighted by Gasteiger charge is -2.04. The summed E-state index contributed by atoms with van der Waals surface area (Å²) in [6, 6.07) is 4.69. The highest BCUT2D eigenvalue weighted by atomic mass is 16.3. The molecule has 0 fully saturated rings. The van der Waals surface area contributed by atoms with Gasteiger partial charge in [-0.05, 0) is 30.2 Å². The van der Waals surface area contributed by atoms with Crippen LogP contribution in [0.1, 0.15) is 15.9 Å². The molecule has 0 unspecified atom stereocenters. The normalized spacial score (nSPS) is 9.31. The van der Waals surface area contributed by atoms with Crippen LogP contribution in [0, 0.1) is 6.92 Å². The third-order valence-electron chi connectivity index (χ3n) is 2.03. The number of aryl methyl sites for hydroxylation is 1. The van der Waals surface area contributed by atoms with Gasteiger partial charge in [0.25, 0.3) is 5.91 Å². The van der Waals surface area contributed by atoms with Crippen LogP contribution >= 0.6 is 0 Å². The maximum Gasteiger partial charge on any atom is 0.251 e. The zero-order chi connectivity index (χ0) is 12.0. The molecule has 0 aromatic heterocycles. The second-order valence-corrected chi connectivity index (χ2v) is 3.21. The van der Waals surface area contributed by atoms with Gasteiger partial charge in [0.1, 0.15) is 5.75 Å². The van der Waals surface area contributed by atoms with Gasteiger partial charge in [0.15, 0.2) is 0 Å². The predicted molar refractivity (Wildman–Crippen MR) is 59.2 cm³/mol. The minimum atomic E-state index is -0.302. The van der Waals surface area contributed by atoms with Gasteiger partial charge < -0.3 is 10.4 Å². The number of nitrogens with one attached hydrogen (secondary N) is 1. The van der Waals surface area contributed by atoms with Crippen molar-refractivity contribution in [3.8, 4) is 5.75 Å².